The molecule has 1 saturated carbocycles. The zero-order valence-corrected chi connectivity index (χ0v) is 11.5. The van der Waals surface area contributed by atoms with E-state index in [1.807, 2.05) is 24.3 Å². The third-order valence-corrected chi connectivity index (χ3v) is 3.88. The molecule has 5 heteroatoms. The van der Waals surface area contributed by atoms with Crippen LogP contribution in [0.25, 0.3) is 5.69 Å². The van der Waals surface area contributed by atoms with E-state index in [0.717, 1.165) is 18.5 Å². The van der Waals surface area contributed by atoms with Crippen LogP contribution in [0.2, 0.25) is 0 Å². The lowest BCUT2D eigenvalue weighted by atomic mass is 9.78. The summed E-state index contributed by atoms with van der Waals surface area (Å²) in [5, 5.41) is 7.35. The summed E-state index contributed by atoms with van der Waals surface area (Å²) >= 11 is 0. The molecule has 20 heavy (non-hydrogen) atoms. The summed E-state index contributed by atoms with van der Waals surface area (Å²) in [7, 11) is 0. The lowest BCUT2D eigenvalue weighted by Gasteiger charge is -2.38. The highest BCUT2D eigenvalue weighted by Crippen LogP contribution is 2.31. The molecule has 1 aromatic carbocycles. The van der Waals surface area contributed by atoms with Gasteiger partial charge in [-0.05, 0) is 44.4 Å². The number of aromatic nitrogens is 2. The van der Waals surface area contributed by atoms with Gasteiger partial charge < -0.3 is 11.1 Å². The van der Waals surface area contributed by atoms with Crippen LogP contribution >= 0.6 is 0 Å². The number of nitrogens with zero attached hydrogens (tertiary/aromatic N) is 2. The summed E-state index contributed by atoms with van der Waals surface area (Å²) in [6.07, 6.45) is 4.99. The third kappa shape index (κ3) is 2.27. The van der Waals surface area contributed by atoms with Crippen LogP contribution in [0.3, 0.4) is 0 Å². The second-order valence-electron chi connectivity index (χ2n) is 5.57. The fraction of sp³-hybridized carbons (Fsp3) is 0.333. The van der Waals surface area contributed by atoms with Crippen molar-refractivity contribution >= 4 is 11.6 Å². The maximum absolute atomic E-state index is 12.2. The molecule has 3 rings (SSSR count). The quantitative estimate of drug-likeness (QED) is 0.839. The van der Waals surface area contributed by atoms with Crippen LogP contribution in [0.4, 0.5) is 5.69 Å². The Balaban J connectivity index is 1.80. The first-order chi connectivity index (χ1) is 9.57. The second kappa shape index (κ2) is 4.67. The molecule has 0 bridgehead atoms. The maximum atomic E-state index is 12.2. The molecule has 0 aliphatic heterocycles. The Kier molecular flexibility index (Phi) is 2.97. The van der Waals surface area contributed by atoms with E-state index >= 15 is 0 Å². The van der Waals surface area contributed by atoms with Gasteiger partial charge in [0.05, 0.1) is 11.4 Å². The molecule has 2 aromatic rings. The number of nitrogens with two attached hydrogens (primary N) is 1. The minimum atomic E-state index is -0.125. The van der Waals surface area contributed by atoms with Crippen molar-refractivity contribution in [1.29, 1.82) is 0 Å². The van der Waals surface area contributed by atoms with Crippen molar-refractivity contribution in [3.8, 4) is 5.69 Å². The smallest absolute Gasteiger partial charge is 0.272 e. The van der Waals surface area contributed by atoms with Gasteiger partial charge in [0.15, 0.2) is 5.69 Å². The van der Waals surface area contributed by atoms with Gasteiger partial charge in [0.25, 0.3) is 5.91 Å². The Bertz CT molecular complexity index is 643. The van der Waals surface area contributed by atoms with Gasteiger partial charge in [-0.15, -0.1) is 0 Å². The molecule has 0 saturated heterocycles. The van der Waals surface area contributed by atoms with Gasteiger partial charge in [-0.25, -0.2) is 4.68 Å². The molecule has 104 valence electrons. The van der Waals surface area contributed by atoms with Crippen LogP contribution in [0.15, 0.2) is 36.5 Å². The van der Waals surface area contributed by atoms with Gasteiger partial charge in [-0.3, -0.25) is 4.79 Å². The zero-order valence-electron chi connectivity index (χ0n) is 11.5. The number of carbonyl (C=O) groups excluding carboxylic acids is 1. The molecule has 1 aliphatic carbocycles. The number of rotatable bonds is 3. The molecular weight excluding hydrogens is 252 g/mol. The van der Waals surface area contributed by atoms with Crippen LogP contribution in [-0.2, 0) is 0 Å². The van der Waals surface area contributed by atoms with Crippen LogP contribution < -0.4 is 11.1 Å². The standard InChI is InChI=1S/C15H18N4O/c1-15(8-4-9-15)17-14(20)12-7-10-19(18-12)13-6-3-2-5-11(13)16/h2-3,5-7,10H,4,8-9,16H2,1H3,(H,17,20). The van der Waals surface area contributed by atoms with Gasteiger partial charge in [0.2, 0.25) is 0 Å². The predicted molar refractivity (Wildman–Crippen MR) is 77.7 cm³/mol. The van der Waals surface area contributed by atoms with Crippen molar-refractivity contribution in [2.24, 2.45) is 0 Å². The van der Waals surface area contributed by atoms with E-state index in [1.165, 1.54) is 6.42 Å². The normalized spacial score (nSPS) is 16.4. The summed E-state index contributed by atoms with van der Waals surface area (Å²) in [6.45, 7) is 2.07. The second-order valence-corrected chi connectivity index (χ2v) is 5.57. The topological polar surface area (TPSA) is 72.9 Å². The Labute approximate surface area is 117 Å². The number of nitrogens with one attached hydrogen (secondary N) is 1. The molecule has 1 aliphatic rings. The molecule has 1 aromatic heterocycles. The van der Waals surface area contributed by atoms with Crippen molar-refractivity contribution in [3.05, 3.63) is 42.2 Å². The minimum Gasteiger partial charge on any atom is -0.397 e. The summed E-state index contributed by atoms with van der Waals surface area (Å²) < 4.78 is 1.63. The van der Waals surface area contributed by atoms with Gasteiger partial charge in [0.1, 0.15) is 0 Å². The highest BCUT2D eigenvalue weighted by Gasteiger charge is 2.33. The van der Waals surface area contributed by atoms with Gasteiger partial charge >= 0.3 is 0 Å². The Morgan fingerprint density at radius 2 is 2.10 bits per heavy atom. The van der Waals surface area contributed by atoms with E-state index in [0.29, 0.717) is 11.4 Å². The maximum Gasteiger partial charge on any atom is 0.272 e. The molecule has 1 heterocycles. The zero-order chi connectivity index (χ0) is 14.2. The first-order valence-electron chi connectivity index (χ1n) is 6.80. The molecule has 1 fully saturated rings. The molecule has 0 radical (unpaired) electrons. The van der Waals surface area contributed by atoms with E-state index in [1.54, 1.807) is 16.9 Å². The lowest BCUT2D eigenvalue weighted by molar-refractivity contribution is 0.0845. The number of carbonyl (C=O) groups is 1. The molecule has 5 nitrogen and oxygen atoms in total. The molecule has 1 amide bonds. The lowest BCUT2D eigenvalue weighted by Crippen LogP contribution is -2.51. The SMILES string of the molecule is CC1(NC(=O)c2ccn(-c3ccccc3N)n2)CCC1. The monoisotopic (exact) mass is 270 g/mol. The van der Waals surface area contributed by atoms with E-state index in [9.17, 15) is 4.79 Å². The number of nitrogen functional groups attached to an aromatic ring is 1. The Morgan fingerprint density at radius 3 is 2.75 bits per heavy atom. The first kappa shape index (κ1) is 12.7. The largest absolute Gasteiger partial charge is 0.397 e. The fourth-order valence-electron chi connectivity index (χ4n) is 2.45. The highest BCUT2D eigenvalue weighted by molar-refractivity contribution is 5.92. The van der Waals surface area contributed by atoms with Gasteiger partial charge in [-0.1, -0.05) is 12.1 Å². The summed E-state index contributed by atoms with van der Waals surface area (Å²) in [6, 6.07) is 9.16. The Morgan fingerprint density at radius 1 is 1.35 bits per heavy atom. The van der Waals surface area contributed by atoms with Crippen LogP contribution in [-0.4, -0.2) is 21.2 Å². The molecular formula is C15H18N4O. The highest BCUT2D eigenvalue weighted by atomic mass is 16.2. The molecule has 3 N–H and O–H groups in total. The van der Waals surface area contributed by atoms with Crippen LogP contribution in [0, 0.1) is 0 Å². The van der Waals surface area contributed by atoms with Gasteiger partial charge in [0, 0.05) is 11.7 Å². The van der Waals surface area contributed by atoms with Crippen molar-refractivity contribution in [1.82, 2.24) is 15.1 Å². The average Bonchev–Trinajstić information content (AvgIpc) is 2.87. The summed E-state index contributed by atoms with van der Waals surface area (Å²) in [5.41, 5.74) is 7.68. The molecule has 0 atom stereocenters. The van der Waals surface area contributed by atoms with E-state index in [4.69, 9.17) is 5.73 Å². The van der Waals surface area contributed by atoms with Crippen molar-refractivity contribution in [2.45, 2.75) is 31.7 Å². The third-order valence-electron chi connectivity index (χ3n) is 3.88. The number of hydrogen-bond acceptors (Lipinski definition) is 3. The minimum absolute atomic E-state index is 0.0629. The van der Waals surface area contributed by atoms with Crippen LogP contribution in [0.5, 0.6) is 0 Å². The number of hydrogen-bond donors (Lipinski definition) is 2. The fourth-order valence-corrected chi connectivity index (χ4v) is 2.45. The van der Waals surface area contributed by atoms with E-state index in [-0.39, 0.29) is 11.4 Å². The average molecular weight is 270 g/mol. The number of anilines is 1. The number of para-hydroxylation sites is 2. The van der Waals surface area contributed by atoms with Crippen molar-refractivity contribution in [3.63, 3.8) is 0 Å². The summed E-state index contributed by atoms with van der Waals surface area (Å²) in [4.78, 5) is 12.2. The van der Waals surface area contributed by atoms with Crippen molar-refractivity contribution < 1.29 is 4.79 Å². The predicted octanol–water partition coefficient (Wildman–Crippen LogP) is 2.13. The van der Waals surface area contributed by atoms with E-state index in [2.05, 4.69) is 17.3 Å². The van der Waals surface area contributed by atoms with Crippen LogP contribution in [0.1, 0.15) is 36.7 Å². The molecule has 0 unspecified atom stereocenters. The summed E-state index contributed by atoms with van der Waals surface area (Å²) in [5.74, 6) is -0.125. The van der Waals surface area contributed by atoms with Gasteiger partial charge in [-0.2, -0.15) is 5.10 Å². The number of amides is 1. The van der Waals surface area contributed by atoms with Crippen molar-refractivity contribution in [2.75, 3.05) is 5.73 Å². The first-order valence-corrected chi connectivity index (χ1v) is 6.80. The Hall–Kier alpha value is -2.30. The number of benzene rings is 1. The van der Waals surface area contributed by atoms with E-state index < -0.39 is 0 Å². The molecule has 0 spiro atoms.